The molecule has 3 aromatic carbocycles. The summed E-state index contributed by atoms with van der Waals surface area (Å²) in [5, 5.41) is 2.61. The molecule has 27 heavy (non-hydrogen) atoms. The lowest BCUT2D eigenvalue weighted by molar-refractivity contribution is -0.633. The Labute approximate surface area is 156 Å². The number of fused-ring (bicyclic) bond motifs is 4. The van der Waals surface area contributed by atoms with Gasteiger partial charge in [0.1, 0.15) is 18.3 Å². The zero-order valence-corrected chi connectivity index (χ0v) is 15.5. The van der Waals surface area contributed by atoms with Crippen LogP contribution < -0.4 is 4.57 Å². The Bertz CT molecular complexity index is 1300. The first-order valence-corrected chi connectivity index (χ1v) is 9.57. The van der Waals surface area contributed by atoms with E-state index < -0.39 is 10.4 Å². The first-order chi connectivity index (χ1) is 12.9. The lowest BCUT2D eigenvalue weighted by Crippen LogP contribution is -2.32. The molecule has 136 valence electrons. The summed E-state index contributed by atoms with van der Waals surface area (Å²) >= 11 is 0. The highest BCUT2D eigenvalue weighted by Crippen LogP contribution is 2.44. The van der Waals surface area contributed by atoms with Crippen molar-refractivity contribution in [3.63, 3.8) is 0 Å². The van der Waals surface area contributed by atoms with E-state index >= 15 is 0 Å². The van der Waals surface area contributed by atoms with Crippen molar-refractivity contribution >= 4 is 32.2 Å². The fraction of sp³-hybridized carbons (Fsp3) is 0.100. The molecule has 7 heteroatoms. The van der Waals surface area contributed by atoms with Crippen molar-refractivity contribution in [2.24, 2.45) is 7.05 Å². The van der Waals surface area contributed by atoms with E-state index in [1.54, 1.807) is 0 Å². The van der Waals surface area contributed by atoms with Gasteiger partial charge in [-0.05, 0) is 17.5 Å². The van der Waals surface area contributed by atoms with E-state index in [9.17, 15) is 13.0 Å². The van der Waals surface area contributed by atoms with Crippen LogP contribution in [0, 0.1) is 0 Å². The molecule has 1 aliphatic rings. The molecule has 1 aromatic heterocycles. The molecule has 0 fully saturated rings. The number of nitrogens with zero attached hydrogens (tertiary/aromatic N) is 2. The number of aryl methyl sites for hydroxylation is 1. The molecule has 0 amide bonds. The summed E-state index contributed by atoms with van der Waals surface area (Å²) in [5.74, 6) is 0. The summed E-state index contributed by atoms with van der Waals surface area (Å²) in [4.78, 5) is 4.94. The van der Waals surface area contributed by atoms with Crippen LogP contribution in [-0.2, 0) is 21.6 Å². The summed E-state index contributed by atoms with van der Waals surface area (Å²) in [5.41, 5.74) is 7.08. The van der Waals surface area contributed by atoms with Gasteiger partial charge in [-0.15, -0.1) is 0 Å². The molecule has 0 saturated heterocycles. The van der Waals surface area contributed by atoms with Gasteiger partial charge in [0, 0.05) is 17.0 Å². The molecule has 0 aliphatic heterocycles. The molecule has 0 unspecified atom stereocenters. The van der Waals surface area contributed by atoms with Gasteiger partial charge in [0.2, 0.25) is 21.6 Å². The van der Waals surface area contributed by atoms with Crippen LogP contribution in [0.25, 0.3) is 44.3 Å². The van der Waals surface area contributed by atoms with E-state index in [-0.39, 0.29) is 0 Å². The van der Waals surface area contributed by atoms with Crippen molar-refractivity contribution in [1.82, 2.24) is 4.98 Å². The van der Waals surface area contributed by atoms with Gasteiger partial charge in [-0.1, -0.05) is 42.5 Å². The highest BCUT2D eigenvalue weighted by atomic mass is 32.3. The van der Waals surface area contributed by atoms with Crippen LogP contribution in [0.1, 0.15) is 0 Å². The molecular formula is C20H16N2O4S. The zero-order valence-electron chi connectivity index (χ0n) is 14.7. The van der Waals surface area contributed by atoms with Crippen LogP contribution >= 0.6 is 0 Å². The largest absolute Gasteiger partial charge is 0.726 e. The van der Waals surface area contributed by atoms with E-state index in [0.29, 0.717) is 0 Å². The lowest BCUT2D eigenvalue weighted by Gasteiger charge is -2.03. The maximum Gasteiger partial charge on any atom is 0.240 e. The normalized spacial score (nSPS) is 12.0. The Hall–Kier alpha value is -2.87. The van der Waals surface area contributed by atoms with Crippen LogP contribution in [0.5, 0.6) is 0 Å². The number of hydrogen-bond acceptors (Lipinski definition) is 5. The maximum absolute atomic E-state index is 9.22. The first-order valence-electron chi connectivity index (χ1n) is 8.23. The van der Waals surface area contributed by atoms with Crippen molar-refractivity contribution in [3.05, 3.63) is 60.7 Å². The van der Waals surface area contributed by atoms with Crippen LogP contribution in [0.3, 0.4) is 0 Å². The average molecular weight is 380 g/mol. The van der Waals surface area contributed by atoms with E-state index in [1.165, 1.54) is 33.1 Å². The highest BCUT2D eigenvalue weighted by molar-refractivity contribution is 7.80. The second-order valence-electron chi connectivity index (χ2n) is 6.14. The Morgan fingerprint density at radius 3 is 2.26 bits per heavy atom. The smallest absolute Gasteiger partial charge is 0.240 e. The summed E-state index contributed by atoms with van der Waals surface area (Å²) in [7, 11) is -1.47. The summed E-state index contributed by atoms with van der Waals surface area (Å²) in [6.07, 6.45) is 0. The molecule has 0 bridgehead atoms. The standard InChI is InChI=1S/C19H13N2.CH4O4S/c1-21-16-11-3-2-10-15(16)20-18-13-8-4-6-12-7-5-9-14(17(12)13)19(18)21;1-5-6(2,3)4/h2-11H,1H3;1H3,(H,2,3,4)/q+1;/p-1. The van der Waals surface area contributed by atoms with Crippen LogP contribution in [-0.4, -0.2) is 25.1 Å². The number of rotatable bonds is 1. The molecule has 0 spiro atoms. The SMILES string of the molecule is COS(=O)(=O)[O-].C[n+]1c2c(nc3ccccc31)-c1cccc3cccc-2c13. The maximum atomic E-state index is 9.22. The van der Waals surface area contributed by atoms with Gasteiger partial charge in [0.05, 0.1) is 12.7 Å². The molecule has 1 aliphatic carbocycles. The minimum Gasteiger partial charge on any atom is -0.726 e. The van der Waals surface area contributed by atoms with E-state index in [0.717, 1.165) is 18.3 Å². The molecule has 6 nitrogen and oxygen atoms in total. The Balaban J connectivity index is 0.000000264. The van der Waals surface area contributed by atoms with E-state index in [1.807, 2.05) is 6.07 Å². The van der Waals surface area contributed by atoms with Gasteiger partial charge in [-0.2, -0.15) is 4.57 Å². The first kappa shape index (κ1) is 17.5. The predicted molar refractivity (Wildman–Crippen MR) is 102 cm³/mol. The molecule has 4 aromatic rings. The number of aromatic nitrogens is 2. The molecule has 5 rings (SSSR count). The van der Waals surface area contributed by atoms with Gasteiger partial charge < -0.3 is 4.55 Å². The zero-order chi connectivity index (χ0) is 19.2. The Kier molecular flexibility index (Phi) is 4.15. The summed E-state index contributed by atoms with van der Waals surface area (Å²) < 4.78 is 33.3. The minimum atomic E-state index is -4.41. The van der Waals surface area contributed by atoms with Crippen molar-refractivity contribution in [3.8, 4) is 22.5 Å². The van der Waals surface area contributed by atoms with Crippen LogP contribution in [0.15, 0.2) is 60.7 Å². The molecule has 0 saturated carbocycles. The summed E-state index contributed by atoms with van der Waals surface area (Å²) in [6, 6.07) is 21.3. The van der Waals surface area contributed by atoms with Gasteiger partial charge in [0.15, 0.2) is 0 Å². The Morgan fingerprint density at radius 2 is 1.59 bits per heavy atom. The van der Waals surface area contributed by atoms with Gasteiger partial charge in [-0.25, -0.2) is 13.4 Å². The second kappa shape index (κ2) is 6.38. The second-order valence-corrected chi connectivity index (χ2v) is 7.29. The van der Waals surface area contributed by atoms with Gasteiger partial charge in [-0.3, -0.25) is 4.18 Å². The van der Waals surface area contributed by atoms with Gasteiger partial charge >= 0.3 is 0 Å². The molecule has 1 heterocycles. The van der Waals surface area contributed by atoms with Crippen molar-refractivity contribution < 1.29 is 21.7 Å². The third-order valence-electron chi connectivity index (χ3n) is 4.65. The number of benzene rings is 3. The molecule has 0 radical (unpaired) electrons. The van der Waals surface area contributed by atoms with Crippen molar-refractivity contribution in [1.29, 1.82) is 0 Å². The molecule has 0 N–H and O–H groups in total. The topological polar surface area (TPSA) is 83.2 Å². The monoisotopic (exact) mass is 380 g/mol. The number of para-hydroxylation sites is 2. The van der Waals surface area contributed by atoms with Crippen molar-refractivity contribution in [2.75, 3.05) is 7.11 Å². The highest BCUT2D eigenvalue weighted by Gasteiger charge is 2.31. The number of hydrogen-bond donors (Lipinski definition) is 0. The predicted octanol–water partition coefficient (Wildman–Crippen LogP) is 2.95. The van der Waals surface area contributed by atoms with E-state index in [2.05, 4.69) is 70.4 Å². The fourth-order valence-corrected chi connectivity index (χ4v) is 3.53. The fourth-order valence-electron chi connectivity index (χ4n) is 3.53. The molecule has 0 atom stereocenters. The van der Waals surface area contributed by atoms with Crippen LogP contribution in [0.2, 0.25) is 0 Å². The molecular weight excluding hydrogens is 364 g/mol. The summed E-state index contributed by atoms with van der Waals surface area (Å²) in [6.45, 7) is 0. The van der Waals surface area contributed by atoms with Crippen molar-refractivity contribution in [2.45, 2.75) is 0 Å². The van der Waals surface area contributed by atoms with E-state index in [4.69, 9.17) is 4.98 Å². The van der Waals surface area contributed by atoms with Gasteiger partial charge in [0.25, 0.3) is 0 Å². The Morgan fingerprint density at radius 1 is 0.963 bits per heavy atom. The minimum absolute atomic E-state index is 0.808. The third kappa shape index (κ3) is 2.95. The quantitative estimate of drug-likeness (QED) is 0.254. The lowest BCUT2D eigenvalue weighted by atomic mass is 10.0. The third-order valence-corrected chi connectivity index (χ3v) is 5.06. The average Bonchev–Trinajstić information content (AvgIpc) is 2.98. The van der Waals surface area contributed by atoms with Crippen LogP contribution in [0.4, 0.5) is 0 Å².